The quantitative estimate of drug-likeness (QED) is 0.657. The molecule has 0 bridgehead atoms. The van der Waals surface area contributed by atoms with Crippen molar-refractivity contribution in [2.24, 2.45) is 10.9 Å². The number of aliphatic imine (C=N–C) groups is 1. The molecule has 82 valence electrons. The third kappa shape index (κ3) is 1.73. The molecular weight excluding hydrogens is 194 g/mol. The van der Waals surface area contributed by atoms with Gasteiger partial charge in [0.1, 0.15) is 5.92 Å². The number of carbonyl (C=O) groups is 2. The molecule has 2 rings (SSSR count). The molecule has 2 heterocycles. The first-order valence-corrected chi connectivity index (χ1v) is 5.40. The van der Waals surface area contributed by atoms with Crippen LogP contribution < -0.4 is 5.32 Å². The molecule has 0 aromatic heterocycles. The highest BCUT2D eigenvalue weighted by molar-refractivity contribution is 6.17. The van der Waals surface area contributed by atoms with E-state index in [-0.39, 0.29) is 11.8 Å². The van der Waals surface area contributed by atoms with Crippen LogP contribution in [0.3, 0.4) is 0 Å². The zero-order chi connectivity index (χ0) is 10.8. The summed E-state index contributed by atoms with van der Waals surface area (Å²) in [6.07, 6.45) is 2.34. The minimum absolute atomic E-state index is 0.0842. The molecule has 0 saturated carbocycles. The molecule has 2 aliphatic rings. The van der Waals surface area contributed by atoms with Crippen molar-refractivity contribution in [2.75, 3.05) is 13.1 Å². The molecule has 1 fully saturated rings. The van der Waals surface area contributed by atoms with Gasteiger partial charge in [-0.1, -0.05) is 13.3 Å². The zero-order valence-corrected chi connectivity index (χ0v) is 8.82. The Labute approximate surface area is 88.5 Å². The molecule has 0 aromatic rings. The second-order valence-electron chi connectivity index (χ2n) is 3.88. The second kappa shape index (κ2) is 4.00. The highest BCUT2D eigenvalue weighted by Crippen LogP contribution is 2.17. The Hall–Kier alpha value is -1.39. The van der Waals surface area contributed by atoms with Crippen molar-refractivity contribution in [3.05, 3.63) is 0 Å². The van der Waals surface area contributed by atoms with E-state index < -0.39 is 5.92 Å². The van der Waals surface area contributed by atoms with Gasteiger partial charge in [-0.15, -0.1) is 0 Å². The number of rotatable bonds is 2. The molecule has 2 amide bonds. The fourth-order valence-corrected chi connectivity index (χ4v) is 1.97. The minimum Gasteiger partial charge on any atom is -0.296 e. The second-order valence-corrected chi connectivity index (χ2v) is 3.88. The lowest BCUT2D eigenvalue weighted by Crippen LogP contribution is -2.59. The third-order valence-electron chi connectivity index (χ3n) is 2.75. The average molecular weight is 209 g/mol. The van der Waals surface area contributed by atoms with Gasteiger partial charge in [0.2, 0.25) is 17.8 Å². The van der Waals surface area contributed by atoms with Crippen LogP contribution in [0, 0.1) is 5.92 Å². The summed E-state index contributed by atoms with van der Waals surface area (Å²) in [6, 6.07) is 0. The van der Waals surface area contributed by atoms with Crippen LogP contribution in [-0.4, -0.2) is 35.8 Å². The Morgan fingerprint density at radius 3 is 3.07 bits per heavy atom. The van der Waals surface area contributed by atoms with Gasteiger partial charge in [-0.3, -0.25) is 24.8 Å². The van der Waals surface area contributed by atoms with Gasteiger partial charge < -0.3 is 0 Å². The number of hydrogen-bond acceptors (Lipinski definition) is 3. The van der Waals surface area contributed by atoms with E-state index in [9.17, 15) is 9.59 Å². The predicted octanol–water partition coefficient (Wildman–Crippen LogP) is 0.121. The van der Waals surface area contributed by atoms with Gasteiger partial charge in [-0.05, 0) is 12.8 Å². The van der Waals surface area contributed by atoms with E-state index in [1.165, 1.54) is 0 Å². The Balaban J connectivity index is 2.20. The first kappa shape index (κ1) is 10.1. The topological polar surface area (TPSA) is 61.8 Å². The number of nitrogens with zero attached hydrogens (tertiary/aromatic N) is 2. The van der Waals surface area contributed by atoms with E-state index in [0.29, 0.717) is 25.5 Å². The van der Waals surface area contributed by atoms with Gasteiger partial charge in [0.05, 0.1) is 0 Å². The molecule has 0 radical (unpaired) electrons. The van der Waals surface area contributed by atoms with E-state index in [1.54, 1.807) is 4.90 Å². The molecule has 1 unspecified atom stereocenters. The number of guanidine groups is 1. The highest BCUT2D eigenvalue weighted by Gasteiger charge is 2.38. The van der Waals surface area contributed by atoms with Gasteiger partial charge >= 0.3 is 0 Å². The predicted molar refractivity (Wildman–Crippen MR) is 55.2 cm³/mol. The number of carbonyl (C=O) groups excluding carboxylic acids is 2. The van der Waals surface area contributed by atoms with Crippen LogP contribution >= 0.6 is 0 Å². The van der Waals surface area contributed by atoms with Crippen molar-refractivity contribution in [1.29, 1.82) is 0 Å². The van der Waals surface area contributed by atoms with E-state index in [4.69, 9.17) is 0 Å². The maximum Gasteiger partial charge on any atom is 0.241 e. The van der Waals surface area contributed by atoms with Crippen molar-refractivity contribution in [3.8, 4) is 0 Å². The summed E-state index contributed by atoms with van der Waals surface area (Å²) in [5, 5.41) is 2.70. The minimum atomic E-state index is -0.507. The molecule has 0 spiro atoms. The highest BCUT2D eigenvalue weighted by atomic mass is 16.2. The molecule has 1 saturated heterocycles. The van der Waals surface area contributed by atoms with Crippen molar-refractivity contribution in [1.82, 2.24) is 10.2 Å². The zero-order valence-electron chi connectivity index (χ0n) is 8.82. The molecule has 0 aliphatic carbocycles. The molecule has 1 N–H and O–H groups in total. The van der Waals surface area contributed by atoms with E-state index in [1.807, 2.05) is 6.92 Å². The summed E-state index contributed by atoms with van der Waals surface area (Å²) >= 11 is 0. The summed E-state index contributed by atoms with van der Waals surface area (Å²) in [5.74, 6) is -0.339. The van der Waals surface area contributed by atoms with Crippen LogP contribution in [-0.2, 0) is 9.59 Å². The van der Waals surface area contributed by atoms with E-state index in [0.717, 1.165) is 12.8 Å². The number of amides is 2. The standard InChI is InChI=1S/C10H15N3O2/c1-2-4-7-8(14)12-10-11-5-3-6-13(10)9(7)15/h7H,2-6H2,1H3,(H,11,12,14). The van der Waals surface area contributed by atoms with Crippen LogP contribution in [0.1, 0.15) is 26.2 Å². The summed E-state index contributed by atoms with van der Waals surface area (Å²) < 4.78 is 0. The number of hydrogen-bond donors (Lipinski definition) is 1. The smallest absolute Gasteiger partial charge is 0.241 e. The summed E-state index contributed by atoms with van der Waals surface area (Å²) in [6.45, 7) is 3.34. The fourth-order valence-electron chi connectivity index (χ4n) is 1.97. The normalized spacial score (nSPS) is 25.8. The van der Waals surface area contributed by atoms with Crippen molar-refractivity contribution < 1.29 is 9.59 Å². The lowest BCUT2D eigenvalue weighted by Gasteiger charge is -2.34. The van der Waals surface area contributed by atoms with Gasteiger partial charge in [-0.25, -0.2) is 0 Å². The summed E-state index contributed by atoms with van der Waals surface area (Å²) in [4.78, 5) is 29.3. The molecule has 5 nitrogen and oxygen atoms in total. The summed E-state index contributed by atoms with van der Waals surface area (Å²) in [7, 11) is 0. The Kier molecular flexibility index (Phi) is 2.70. The third-order valence-corrected chi connectivity index (χ3v) is 2.75. The van der Waals surface area contributed by atoms with Gasteiger partial charge in [0.15, 0.2) is 0 Å². The van der Waals surface area contributed by atoms with Crippen LogP contribution in [0.4, 0.5) is 0 Å². The lowest BCUT2D eigenvalue weighted by atomic mass is 9.99. The average Bonchev–Trinajstić information content (AvgIpc) is 2.24. The van der Waals surface area contributed by atoms with Gasteiger partial charge in [-0.2, -0.15) is 0 Å². The first-order chi connectivity index (χ1) is 7.24. The first-order valence-electron chi connectivity index (χ1n) is 5.40. The van der Waals surface area contributed by atoms with Crippen LogP contribution in [0.5, 0.6) is 0 Å². The van der Waals surface area contributed by atoms with Crippen molar-refractivity contribution in [2.45, 2.75) is 26.2 Å². The van der Waals surface area contributed by atoms with Crippen molar-refractivity contribution in [3.63, 3.8) is 0 Å². The monoisotopic (exact) mass is 209 g/mol. The molecule has 2 aliphatic heterocycles. The Bertz CT molecular complexity index is 325. The molecule has 5 heteroatoms. The van der Waals surface area contributed by atoms with Crippen molar-refractivity contribution >= 4 is 17.8 Å². The molecule has 1 atom stereocenters. The maximum absolute atomic E-state index is 11.9. The van der Waals surface area contributed by atoms with Crippen LogP contribution in [0.25, 0.3) is 0 Å². The van der Waals surface area contributed by atoms with E-state index in [2.05, 4.69) is 10.3 Å². The van der Waals surface area contributed by atoms with Gasteiger partial charge in [0, 0.05) is 13.1 Å². The van der Waals surface area contributed by atoms with Crippen LogP contribution in [0.15, 0.2) is 4.99 Å². The fraction of sp³-hybridized carbons (Fsp3) is 0.700. The maximum atomic E-state index is 11.9. The lowest BCUT2D eigenvalue weighted by molar-refractivity contribution is -0.141. The molecular formula is C10H15N3O2. The van der Waals surface area contributed by atoms with Crippen LogP contribution in [0.2, 0.25) is 0 Å². The SMILES string of the molecule is CCCC1C(=O)NC2=NCCCN2C1=O. The number of nitrogens with one attached hydrogen (secondary N) is 1. The van der Waals surface area contributed by atoms with Gasteiger partial charge in [0.25, 0.3) is 0 Å². The Morgan fingerprint density at radius 2 is 2.33 bits per heavy atom. The van der Waals surface area contributed by atoms with E-state index >= 15 is 0 Å². The largest absolute Gasteiger partial charge is 0.296 e. The molecule has 15 heavy (non-hydrogen) atoms. The Morgan fingerprint density at radius 1 is 1.53 bits per heavy atom. The summed E-state index contributed by atoms with van der Waals surface area (Å²) in [5.41, 5.74) is 0. The molecule has 0 aromatic carbocycles. The number of fused-ring (bicyclic) bond motifs is 1.